The predicted octanol–water partition coefficient (Wildman–Crippen LogP) is 5.90. The number of halogens is 3. The van der Waals surface area contributed by atoms with Gasteiger partial charge in [-0.3, -0.25) is 0 Å². The lowest BCUT2D eigenvalue weighted by Crippen LogP contribution is -2.45. The van der Waals surface area contributed by atoms with Crippen molar-refractivity contribution < 1.29 is 22.9 Å². The Morgan fingerprint density at radius 2 is 1.84 bits per heavy atom. The molecule has 1 fully saturated rings. The van der Waals surface area contributed by atoms with E-state index >= 15 is 0 Å². The molecule has 5 nitrogen and oxygen atoms in total. The van der Waals surface area contributed by atoms with Crippen molar-refractivity contribution in [2.45, 2.75) is 37.8 Å². The largest absolute Gasteiger partial charge is 0.489 e. The average molecular weight is 585 g/mol. The Kier molecular flexibility index (Phi) is 8.10. The maximum absolute atomic E-state index is 14.9. The van der Waals surface area contributed by atoms with Gasteiger partial charge in [0.15, 0.2) is 0 Å². The molecule has 1 aromatic rings. The number of alkyl halides is 3. The second kappa shape index (κ2) is 11.5. The standard InChI is InChI=1S/C34H35BF3N3O2/c1-22(2)25(5)40-13-15-41(16-14-40)27-11-10-24(4)33(20-23(3)28-8-6-7-9-29(28)33)32-30(34(36,37)38)18-26(35(42)21-39)19-31(32)43-17-12-27/h6,8,10-12,18-19,42H,1,3-5,7,9,13-17,20H2,2H3. The molecule has 0 bridgehead atoms. The first-order valence-corrected chi connectivity index (χ1v) is 14.3. The van der Waals surface area contributed by atoms with E-state index in [0.29, 0.717) is 31.5 Å². The van der Waals surface area contributed by atoms with E-state index in [1.165, 1.54) is 6.07 Å². The zero-order chi connectivity index (χ0) is 31.1. The monoisotopic (exact) mass is 585 g/mol. The molecule has 1 saturated heterocycles. The lowest BCUT2D eigenvalue weighted by molar-refractivity contribution is -0.138. The third-order valence-electron chi connectivity index (χ3n) is 8.89. The topological polar surface area (TPSA) is 59.7 Å². The van der Waals surface area contributed by atoms with E-state index in [4.69, 9.17) is 4.74 Å². The third kappa shape index (κ3) is 5.41. The van der Waals surface area contributed by atoms with Crippen LogP contribution in [0, 0.1) is 11.2 Å². The lowest BCUT2D eigenvalue weighted by Gasteiger charge is -2.40. The number of nitrogens with zero attached hydrogens (tertiary/aromatic N) is 3. The zero-order valence-electron chi connectivity index (χ0n) is 24.4. The number of rotatable bonds is 4. The van der Waals surface area contributed by atoms with Gasteiger partial charge in [0.05, 0.1) is 5.56 Å². The highest BCUT2D eigenvalue weighted by Crippen LogP contribution is 2.59. The summed E-state index contributed by atoms with van der Waals surface area (Å²) in [4.78, 5) is 4.41. The van der Waals surface area contributed by atoms with E-state index in [2.05, 4.69) is 36.1 Å². The van der Waals surface area contributed by atoms with E-state index < -0.39 is 24.1 Å². The van der Waals surface area contributed by atoms with Crippen molar-refractivity contribution in [1.82, 2.24) is 9.80 Å². The van der Waals surface area contributed by atoms with Gasteiger partial charge in [-0.15, -0.1) is 0 Å². The fourth-order valence-corrected chi connectivity index (χ4v) is 6.67. The normalized spacial score (nSPS) is 22.1. The fourth-order valence-electron chi connectivity index (χ4n) is 6.67. The van der Waals surface area contributed by atoms with Gasteiger partial charge in [-0.1, -0.05) is 50.6 Å². The van der Waals surface area contributed by atoms with Crippen LogP contribution >= 0.6 is 0 Å². The summed E-state index contributed by atoms with van der Waals surface area (Å²) < 4.78 is 50.9. The van der Waals surface area contributed by atoms with Crippen molar-refractivity contribution >= 4 is 12.4 Å². The molecule has 2 aliphatic carbocycles. The first kappa shape index (κ1) is 30.3. The minimum atomic E-state index is -4.79. The lowest BCUT2D eigenvalue weighted by atomic mass is 9.60. The molecular weight excluding hydrogens is 550 g/mol. The Morgan fingerprint density at radius 3 is 2.49 bits per heavy atom. The van der Waals surface area contributed by atoms with Crippen molar-refractivity contribution in [3.63, 3.8) is 0 Å². The molecule has 0 saturated carbocycles. The third-order valence-corrected chi connectivity index (χ3v) is 8.89. The van der Waals surface area contributed by atoms with Gasteiger partial charge in [0, 0.05) is 54.5 Å². The van der Waals surface area contributed by atoms with Crippen molar-refractivity contribution in [2.24, 2.45) is 0 Å². The number of ether oxygens (including phenoxy) is 1. The SMILES string of the molecule is C=C(C)C(=C)N1CCN(C2=CCOc3cc(B(O)C#N)cc(C(F)(F)F)c3C3(CC(=C)C4=C3CCC=C4)C(=C)C=C2)CC1. The second-order valence-corrected chi connectivity index (χ2v) is 11.5. The number of hydrogen-bond donors (Lipinski definition) is 1. The van der Waals surface area contributed by atoms with Crippen molar-refractivity contribution in [3.05, 3.63) is 119 Å². The fraction of sp³-hybridized carbons (Fsp3) is 0.324. The maximum atomic E-state index is 14.9. The van der Waals surface area contributed by atoms with Gasteiger partial charge < -0.3 is 19.6 Å². The van der Waals surface area contributed by atoms with Crippen LogP contribution in [0.2, 0.25) is 0 Å². The van der Waals surface area contributed by atoms with Crippen LogP contribution in [0.15, 0.2) is 108 Å². The summed E-state index contributed by atoms with van der Waals surface area (Å²) in [6.45, 7) is 19.9. The van der Waals surface area contributed by atoms with E-state index in [-0.39, 0.29) is 29.8 Å². The molecule has 4 aliphatic rings. The molecule has 2 aliphatic heterocycles. The molecule has 5 rings (SSSR count). The number of fused-ring (bicyclic) bond motifs is 3. The number of piperazine rings is 1. The zero-order valence-corrected chi connectivity index (χ0v) is 24.4. The summed E-state index contributed by atoms with van der Waals surface area (Å²) in [6, 6.07) is 2.24. The Labute approximate surface area is 251 Å². The minimum absolute atomic E-state index is 0.00985. The van der Waals surface area contributed by atoms with Crippen LogP contribution in [-0.4, -0.2) is 54.5 Å². The molecule has 1 unspecified atom stereocenters. The molecule has 222 valence electrons. The quantitative estimate of drug-likeness (QED) is 0.353. The summed E-state index contributed by atoms with van der Waals surface area (Å²) in [5, 5.41) is 19.7. The number of hydrogen-bond acceptors (Lipinski definition) is 5. The minimum Gasteiger partial charge on any atom is -0.489 e. The van der Waals surface area contributed by atoms with Crippen molar-refractivity contribution in [1.29, 1.82) is 5.26 Å². The van der Waals surface area contributed by atoms with Gasteiger partial charge >= 0.3 is 13.1 Å². The summed E-state index contributed by atoms with van der Waals surface area (Å²) in [5.74, 6) is 1.62. The Balaban J connectivity index is 1.66. The second-order valence-electron chi connectivity index (χ2n) is 11.5. The van der Waals surface area contributed by atoms with E-state index in [9.17, 15) is 23.5 Å². The van der Waals surface area contributed by atoms with Gasteiger partial charge in [0.25, 0.3) is 0 Å². The van der Waals surface area contributed by atoms with Crippen LogP contribution in [0.1, 0.15) is 37.3 Å². The van der Waals surface area contributed by atoms with Crippen LogP contribution in [0.25, 0.3) is 0 Å². The summed E-state index contributed by atoms with van der Waals surface area (Å²) in [6.07, 6.45) is 6.21. The molecular formula is C34H35BF3N3O2. The molecule has 43 heavy (non-hydrogen) atoms. The molecule has 0 aromatic heterocycles. The van der Waals surface area contributed by atoms with Gasteiger partial charge in [-0.05, 0) is 77.7 Å². The highest BCUT2D eigenvalue weighted by atomic mass is 19.4. The first-order chi connectivity index (χ1) is 20.4. The van der Waals surface area contributed by atoms with Gasteiger partial charge in [0.1, 0.15) is 12.4 Å². The number of benzene rings is 1. The highest BCUT2D eigenvalue weighted by molar-refractivity contribution is 6.73. The number of allylic oxidation sites excluding steroid dienone is 9. The van der Waals surface area contributed by atoms with E-state index in [1.807, 2.05) is 37.3 Å². The van der Waals surface area contributed by atoms with E-state index in [0.717, 1.165) is 52.8 Å². The smallest absolute Gasteiger partial charge is 0.445 e. The van der Waals surface area contributed by atoms with Gasteiger partial charge in [0.2, 0.25) is 0 Å². The highest BCUT2D eigenvalue weighted by Gasteiger charge is 2.51. The molecule has 1 N–H and O–H groups in total. The van der Waals surface area contributed by atoms with Crippen LogP contribution in [0.5, 0.6) is 5.75 Å². The molecule has 1 spiro atoms. The maximum Gasteiger partial charge on any atom is 0.445 e. The predicted molar refractivity (Wildman–Crippen MR) is 164 cm³/mol. The Hall–Kier alpha value is -4.16. The van der Waals surface area contributed by atoms with E-state index in [1.54, 1.807) is 5.97 Å². The molecule has 0 radical (unpaired) electrons. The number of nitriles is 1. The van der Waals surface area contributed by atoms with Crippen LogP contribution in [-0.2, 0) is 11.6 Å². The van der Waals surface area contributed by atoms with Gasteiger partial charge in [-0.25, -0.2) is 5.26 Å². The summed E-state index contributed by atoms with van der Waals surface area (Å²) in [5.41, 5.74) is 3.20. The van der Waals surface area contributed by atoms with Gasteiger partial charge in [-0.2, -0.15) is 13.2 Å². The van der Waals surface area contributed by atoms with Crippen LogP contribution in [0.4, 0.5) is 13.2 Å². The van der Waals surface area contributed by atoms with Crippen molar-refractivity contribution in [3.8, 4) is 11.7 Å². The first-order valence-electron chi connectivity index (χ1n) is 14.3. The molecule has 1 aromatic carbocycles. The molecule has 9 heteroatoms. The molecule has 1 atom stereocenters. The molecule has 2 heterocycles. The average Bonchev–Trinajstić information content (AvgIpc) is 3.29. The van der Waals surface area contributed by atoms with Crippen molar-refractivity contribution in [2.75, 3.05) is 32.8 Å². The molecule has 0 amide bonds. The Morgan fingerprint density at radius 1 is 1.12 bits per heavy atom. The van der Waals surface area contributed by atoms with Crippen LogP contribution in [0.3, 0.4) is 0 Å². The Bertz CT molecular complexity index is 1570. The summed E-state index contributed by atoms with van der Waals surface area (Å²) in [7, 11) is 0. The van der Waals surface area contributed by atoms with Crippen LogP contribution < -0.4 is 10.2 Å². The summed E-state index contributed by atoms with van der Waals surface area (Å²) >= 11 is 0.